The van der Waals surface area contributed by atoms with Crippen molar-refractivity contribution < 1.29 is 4.74 Å². The van der Waals surface area contributed by atoms with Gasteiger partial charge in [-0.2, -0.15) is 0 Å². The van der Waals surface area contributed by atoms with Gasteiger partial charge in [-0.05, 0) is 55.2 Å². The highest BCUT2D eigenvalue weighted by atomic mass is 16.5. The van der Waals surface area contributed by atoms with E-state index in [0.717, 1.165) is 24.2 Å². The molecule has 0 heterocycles. The van der Waals surface area contributed by atoms with Gasteiger partial charge >= 0.3 is 0 Å². The molecule has 1 nitrogen and oxygen atoms in total. The molecule has 0 N–H and O–H groups in total. The highest BCUT2D eigenvalue weighted by Gasteiger charge is 2.20. The van der Waals surface area contributed by atoms with Crippen LogP contribution in [0.2, 0.25) is 0 Å². The second-order valence-electron chi connectivity index (χ2n) is 8.83. The number of hydrogen-bond acceptors (Lipinski definition) is 1. The standard InChI is InChI=1S/C26H44O/c1-3-5-7-9-12-23-14-16-25(17-15-23)13-10-22-27-26-20-18-24(19-21-26)11-8-6-4-2/h18-21,23,25H,3-17,22H2,1-2H3/t23-,25-. The highest BCUT2D eigenvalue weighted by molar-refractivity contribution is 5.27. The minimum atomic E-state index is 0.881. The quantitative estimate of drug-likeness (QED) is 0.298. The summed E-state index contributed by atoms with van der Waals surface area (Å²) in [7, 11) is 0. The fourth-order valence-electron chi connectivity index (χ4n) is 4.56. The van der Waals surface area contributed by atoms with Crippen LogP contribution in [0.3, 0.4) is 0 Å². The summed E-state index contributed by atoms with van der Waals surface area (Å²) in [6.07, 6.45) is 20.8. The summed E-state index contributed by atoms with van der Waals surface area (Å²) >= 11 is 0. The van der Waals surface area contributed by atoms with E-state index in [4.69, 9.17) is 4.74 Å². The molecule has 0 aromatic heterocycles. The van der Waals surface area contributed by atoms with Crippen LogP contribution in [-0.4, -0.2) is 6.61 Å². The first-order valence-corrected chi connectivity index (χ1v) is 12.0. The van der Waals surface area contributed by atoms with Crippen molar-refractivity contribution in [2.45, 2.75) is 110 Å². The molecule has 1 saturated carbocycles. The number of unbranched alkanes of at least 4 members (excludes halogenated alkanes) is 5. The zero-order valence-corrected chi connectivity index (χ0v) is 18.2. The third-order valence-corrected chi connectivity index (χ3v) is 6.45. The van der Waals surface area contributed by atoms with Gasteiger partial charge in [0, 0.05) is 0 Å². The van der Waals surface area contributed by atoms with E-state index in [1.54, 1.807) is 0 Å². The topological polar surface area (TPSA) is 9.23 Å². The van der Waals surface area contributed by atoms with Gasteiger partial charge in [0.15, 0.2) is 0 Å². The van der Waals surface area contributed by atoms with Gasteiger partial charge in [-0.15, -0.1) is 0 Å². The molecule has 0 amide bonds. The van der Waals surface area contributed by atoms with Crippen molar-refractivity contribution in [2.75, 3.05) is 6.61 Å². The predicted molar refractivity (Wildman–Crippen MR) is 119 cm³/mol. The first-order chi connectivity index (χ1) is 13.3. The molecule has 1 aliphatic rings. The summed E-state index contributed by atoms with van der Waals surface area (Å²) < 4.78 is 5.97. The van der Waals surface area contributed by atoms with E-state index in [1.807, 2.05) is 0 Å². The molecule has 0 unspecified atom stereocenters. The van der Waals surface area contributed by atoms with Gasteiger partial charge in [-0.3, -0.25) is 0 Å². The zero-order chi connectivity index (χ0) is 19.2. The molecule has 27 heavy (non-hydrogen) atoms. The highest BCUT2D eigenvalue weighted by Crippen LogP contribution is 2.34. The Kier molecular flexibility index (Phi) is 11.6. The fraction of sp³-hybridized carbons (Fsp3) is 0.769. The van der Waals surface area contributed by atoms with Gasteiger partial charge in [-0.1, -0.05) is 96.6 Å². The van der Waals surface area contributed by atoms with E-state index in [1.165, 1.54) is 102 Å². The van der Waals surface area contributed by atoms with Gasteiger partial charge in [0.2, 0.25) is 0 Å². The number of ether oxygens (including phenoxy) is 1. The Hall–Kier alpha value is -0.980. The molecule has 0 saturated heterocycles. The van der Waals surface area contributed by atoms with Crippen LogP contribution in [0.15, 0.2) is 24.3 Å². The molecule has 2 rings (SSSR count). The van der Waals surface area contributed by atoms with E-state index in [9.17, 15) is 0 Å². The van der Waals surface area contributed by atoms with Crippen LogP contribution >= 0.6 is 0 Å². The van der Waals surface area contributed by atoms with Gasteiger partial charge in [0.05, 0.1) is 6.61 Å². The Bertz CT molecular complexity index is 456. The molecule has 0 bridgehead atoms. The van der Waals surface area contributed by atoms with Crippen molar-refractivity contribution in [3.8, 4) is 5.75 Å². The Morgan fingerprint density at radius 2 is 1.30 bits per heavy atom. The molecule has 1 aromatic rings. The minimum Gasteiger partial charge on any atom is -0.494 e. The summed E-state index contributed by atoms with van der Waals surface area (Å²) in [5, 5.41) is 0. The summed E-state index contributed by atoms with van der Waals surface area (Å²) in [6, 6.07) is 8.80. The van der Waals surface area contributed by atoms with Crippen molar-refractivity contribution >= 4 is 0 Å². The average Bonchev–Trinajstić information content (AvgIpc) is 2.71. The lowest BCUT2D eigenvalue weighted by Crippen LogP contribution is -2.15. The number of hydrogen-bond donors (Lipinski definition) is 0. The Morgan fingerprint density at radius 1 is 0.704 bits per heavy atom. The molecular formula is C26H44O. The summed E-state index contributed by atoms with van der Waals surface area (Å²) in [5.74, 6) is 3.04. The van der Waals surface area contributed by atoms with E-state index in [2.05, 4.69) is 38.1 Å². The molecule has 0 spiro atoms. The number of rotatable bonds is 14. The first kappa shape index (κ1) is 22.3. The summed E-state index contributed by atoms with van der Waals surface area (Å²) in [5.41, 5.74) is 1.45. The summed E-state index contributed by atoms with van der Waals surface area (Å²) in [6.45, 7) is 5.45. The Balaban J connectivity index is 1.51. The van der Waals surface area contributed by atoms with E-state index < -0.39 is 0 Å². The molecule has 0 radical (unpaired) electrons. The molecule has 1 heteroatoms. The van der Waals surface area contributed by atoms with Crippen molar-refractivity contribution in [1.82, 2.24) is 0 Å². The minimum absolute atomic E-state index is 0.881. The molecular weight excluding hydrogens is 328 g/mol. The third kappa shape index (κ3) is 9.67. The van der Waals surface area contributed by atoms with Crippen LogP contribution < -0.4 is 4.74 Å². The van der Waals surface area contributed by atoms with Crippen molar-refractivity contribution in [3.05, 3.63) is 29.8 Å². The van der Waals surface area contributed by atoms with Crippen LogP contribution in [0.1, 0.15) is 109 Å². The predicted octanol–water partition coefficient (Wildman–Crippen LogP) is 8.36. The van der Waals surface area contributed by atoms with Crippen LogP contribution in [0.25, 0.3) is 0 Å². The van der Waals surface area contributed by atoms with E-state index >= 15 is 0 Å². The monoisotopic (exact) mass is 372 g/mol. The van der Waals surface area contributed by atoms with E-state index in [0.29, 0.717) is 0 Å². The van der Waals surface area contributed by atoms with Crippen molar-refractivity contribution in [1.29, 1.82) is 0 Å². The molecule has 0 aliphatic heterocycles. The van der Waals surface area contributed by atoms with Gasteiger partial charge in [0.25, 0.3) is 0 Å². The smallest absolute Gasteiger partial charge is 0.119 e. The van der Waals surface area contributed by atoms with Crippen LogP contribution in [0.4, 0.5) is 0 Å². The normalized spacial score (nSPS) is 19.9. The van der Waals surface area contributed by atoms with Gasteiger partial charge in [0.1, 0.15) is 5.75 Å². The summed E-state index contributed by atoms with van der Waals surface area (Å²) in [4.78, 5) is 0. The van der Waals surface area contributed by atoms with Crippen LogP contribution in [0.5, 0.6) is 5.75 Å². The first-order valence-electron chi connectivity index (χ1n) is 12.0. The Morgan fingerprint density at radius 3 is 1.93 bits per heavy atom. The van der Waals surface area contributed by atoms with E-state index in [-0.39, 0.29) is 0 Å². The molecule has 1 fully saturated rings. The fourth-order valence-corrected chi connectivity index (χ4v) is 4.56. The average molecular weight is 373 g/mol. The third-order valence-electron chi connectivity index (χ3n) is 6.45. The molecule has 1 aliphatic carbocycles. The lowest BCUT2D eigenvalue weighted by atomic mass is 9.78. The van der Waals surface area contributed by atoms with Crippen molar-refractivity contribution in [2.24, 2.45) is 11.8 Å². The zero-order valence-electron chi connectivity index (χ0n) is 18.2. The Labute approximate surface area is 169 Å². The van der Waals surface area contributed by atoms with Crippen LogP contribution in [-0.2, 0) is 6.42 Å². The van der Waals surface area contributed by atoms with Gasteiger partial charge < -0.3 is 4.74 Å². The lowest BCUT2D eigenvalue weighted by Gasteiger charge is -2.28. The maximum absolute atomic E-state index is 5.97. The second-order valence-corrected chi connectivity index (χ2v) is 8.83. The molecule has 154 valence electrons. The lowest BCUT2D eigenvalue weighted by molar-refractivity contribution is 0.228. The van der Waals surface area contributed by atoms with Crippen molar-refractivity contribution in [3.63, 3.8) is 0 Å². The second kappa shape index (κ2) is 14.1. The molecule has 1 aromatic carbocycles. The number of benzene rings is 1. The maximum atomic E-state index is 5.97. The molecule has 0 atom stereocenters. The van der Waals surface area contributed by atoms with Gasteiger partial charge in [-0.25, -0.2) is 0 Å². The van der Waals surface area contributed by atoms with Crippen LogP contribution in [0, 0.1) is 11.8 Å². The maximum Gasteiger partial charge on any atom is 0.119 e. The number of aryl methyl sites for hydroxylation is 1. The SMILES string of the molecule is CCCCCC[C@H]1CC[C@H](CCCOc2ccc(CCCCC)cc2)CC1. The largest absolute Gasteiger partial charge is 0.494 e.